The van der Waals surface area contributed by atoms with Gasteiger partial charge in [-0.2, -0.15) is 4.31 Å². The molecule has 1 N–H and O–H groups in total. The van der Waals surface area contributed by atoms with Gasteiger partial charge in [0.15, 0.2) is 0 Å². The number of nitrogens with zero attached hydrogens (tertiary/aromatic N) is 1. The van der Waals surface area contributed by atoms with Gasteiger partial charge in [0.1, 0.15) is 4.21 Å². The van der Waals surface area contributed by atoms with Crippen molar-refractivity contribution in [2.75, 3.05) is 11.3 Å². The lowest BCUT2D eigenvalue weighted by Gasteiger charge is -2.28. The number of hydrogen-bond acceptors (Lipinski definition) is 5. The van der Waals surface area contributed by atoms with Gasteiger partial charge >= 0.3 is 0 Å². The van der Waals surface area contributed by atoms with Crippen molar-refractivity contribution in [3.63, 3.8) is 0 Å². The molecular weight excluding hydrogens is 440 g/mol. The summed E-state index contributed by atoms with van der Waals surface area (Å²) >= 11 is 1.20. The third-order valence-electron chi connectivity index (χ3n) is 4.99. The Kier molecular flexibility index (Phi) is 5.71. The van der Waals surface area contributed by atoms with E-state index in [0.29, 0.717) is 28.4 Å². The summed E-state index contributed by atoms with van der Waals surface area (Å²) in [5.41, 5.74) is 4.01. The van der Waals surface area contributed by atoms with Gasteiger partial charge in [0, 0.05) is 18.8 Å². The van der Waals surface area contributed by atoms with E-state index < -0.39 is 20.0 Å². The minimum absolute atomic E-state index is 0.120. The van der Waals surface area contributed by atoms with Gasteiger partial charge in [-0.1, -0.05) is 42.0 Å². The second-order valence-corrected chi connectivity index (χ2v) is 12.2. The Morgan fingerprint density at radius 1 is 1.00 bits per heavy atom. The van der Waals surface area contributed by atoms with E-state index >= 15 is 0 Å². The van der Waals surface area contributed by atoms with Crippen molar-refractivity contribution in [2.45, 2.75) is 29.9 Å². The van der Waals surface area contributed by atoms with E-state index in [1.807, 2.05) is 31.2 Å². The third kappa shape index (κ3) is 4.59. The second-order valence-electron chi connectivity index (χ2n) is 7.35. The molecule has 2 heterocycles. The van der Waals surface area contributed by atoms with Gasteiger partial charge in [-0.25, -0.2) is 16.8 Å². The highest BCUT2D eigenvalue weighted by Crippen LogP contribution is 2.29. The number of anilines is 1. The zero-order valence-electron chi connectivity index (χ0n) is 16.4. The van der Waals surface area contributed by atoms with Crippen LogP contribution in [0.5, 0.6) is 0 Å². The molecule has 0 saturated carbocycles. The molecule has 0 spiro atoms. The number of aryl methyl sites for hydroxylation is 1. The average molecular weight is 463 g/mol. The predicted octanol–water partition coefficient (Wildman–Crippen LogP) is 3.75. The molecule has 1 aliphatic rings. The Morgan fingerprint density at radius 3 is 2.57 bits per heavy atom. The zero-order valence-corrected chi connectivity index (χ0v) is 18.9. The van der Waals surface area contributed by atoms with Gasteiger partial charge in [0.2, 0.25) is 10.0 Å². The summed E-state index contributed by atoms with van der Waals surface area (Å²) in [4.78, 5) is 0. The van der Waals surface area contributed by atoms with E-state index in [9.17, 15) is 16.8 Å². The summed E-state index contributed by atoms with van der Waals surface area (Å²) < 4.78 is 55.3. The van der Waals surface area contributed by atoms with Gasteiger partial charge in [-0.15, -0.1) is 11.3 Å². The molecule has 158 valence electrons. The molecule has 0 aliphatic carbocycles. The van der Waals surface area contributed by atoms with Crippen molar-refractivity contribution in [3.8, 4) is 0 Å². The molecule has 0 unspecified atom stereocenters. The van der Waals surface area contributed by atoms with Crippen LogP contribution in [0.25, 0.3) is 0 Å². The first-order chi connectivity index (χ1) is 14.2. The Hall–Kier alpha value is -2.20. The fourth-order valence-electron chi connectivity index (χ4n) is 3.57. The van der Waals surface area contributed by atoms with E-state index in [1.54, 1.807) is 35.7 Å². The van der Waals surface area contributed by atoms with Gasteiger partial charge in [-0.05, 0) is 53.6 Å². The summed E-state index contributed by atoms with van der Waals surface area (Å²) in [5, 5.41) is 1.74. The maximum absolute atomic E-state index is 12.8. The Labute approximate surface area is 181 Å². The maximum atomic E-state index is 12.8. The van der Waals surface area contributed by atoms with Crippen molar-refractivity contribution in [3.05, 3.63) is 82.2 Å². The molecule has 1 aromatic heterocycles. The summed E-state index contributed by atoms with van der Waals surface area (Å²) in [6, 6.07) is 16.0. The summed E-state index contributed by atoms with van der Waals surface area (Å²) in [6.07, 6.45) is 0.594. The molecule has 9 heteroatoms. The van der Waals surface area contributed by atoms with Crippen LogP contribution in [0.1, 0.15) is 22.3 Å². The fraction of sp³-hybridized carbons (Fsp3) is 0.238. The molecule has 0 radical (unpaired) electrons. The van der Waals surface area contributed by atoms with E-state index in [1.165, 1.54) is 15.6 Å². The average Bonchev–Trinajstić information content (AvgIpc) is 3.22. The molecule has 0 atom stereocenters. The van der Waals surface area contributed by atoms with Crippen molar-refractivity contribution in [1.82, 2.24) is 4.31 Å². The van der Waals surface area contributed by atoms with Crippen LogP contribution in [0, 0.1) is 6.92 Å². The topological polar surface area (TPSA) is 83.6 Å². The third-order valence-corrected chi connectivity index (χ3v) is 9.46. The molecule has 3 aromatic rings. The quantitative estimate of drug-likeness (QED) is 0.605. The highest BCUT2D eigenvalue weighted by molar-refractivity contribution is 7.92. The molecular formula is C21H22N2O4S3. The van der Waals surface area contributed by atoms with Crippen LogP contribution < -0.4 is 4.72 Å². The van der Waals surface area contributed by atoms with Crippen LogP contribution in [0.4, 0.5) is 5.69 Å². The highest BCUT2D eigenvalue weighted by atomic mass is 32.2. The minimum Gasteiger partial charge on any atom is -0.283 e. The van der Waals surface area contributed by atoms with Gasteiger partial charge in [-0.3, -0.25) is 4.72 Å². The number of fused-ring (bicyclic) bond motifs is 1. The number of sulfonamides is 2. The molecule has 4 rings (SSSR count). The first-order valence-electron chi connectivity index (χ1n) is 9.44. The monoisotopic (exact) mass is 462 g/mol. The van der Waals surface area contributed by atoms with Crippen LogP contribution in [0.3, 0.4) is 0 Å². The van der Waals surface area contributed by atoms with Crippen molar-refractivity contribution < 1.29 is 16.8 Å². The van der Waals surface area contributed by atoms with Crippen LogP contribution in [-0.4, -0.2) is 27.7 Å². The lowest BCUT2D eigenvalue weighted by Crippen LogP contribution is -2.35. The first kappa shape index (κ1) is 21.0. The normalized spacial score (nSPS) is 15.0. The van der Waals surface area contributed by atoms with Crippen LogP contribution in [0.15, 0.2) is 64.2 Å². The molecule has 6 nitrogen and oxygen atoms in total. The number of hydrogen-bond donors (Lipinski definition) is 1. The molecule has 30 heavy (non-hydrogen) atoms. The molecule has 0 saturated heterocycles. The lowest BCUT2D eigenvalue weighted by molar-refractivity contribution is 0.392. The lowest BCUT2D eigenvalue weighted by atomic mass is 10.0. The van der Waals surface area contributed by atoms with E-state index in [2.05, 4.69) is 4.72 Å². The van der Waals surface area contributed by atoms with Crippen molar-refractivity contribution in [2.24, 2.45) is 0 Å². The molecule has 1 aliphatic heterocycles. The Morgan fingerprint density at radius 2 is 1.83 bits per heavy atom. The SMILES string of the molecule is Cc1cccc(CS(=O)(=O)Nc2ccc3c(c2)CN(S(=O)(=O)c2cccs2)CC3)c1. The fourth-order valence-corrected chi connectivity index (χ4v) is 7.31. The number of thiophene rings is 1. The van der Waals surface area contributed by atoms with Gasteiger partial charge < -0.3 is 0 Å². The van der Waals surface area contributed by atoms with Crippen LogP contribution in [0.2, 0.25) is 0 Å². The summed E-state index contributed by atoms with van der Waals surface area (Å²) in [6.45, 7) is 2.55. The van der Waals surface area contributed by atoms with Gasteiger partial charge in [0.25, 0.3) is 10.0 Å². The number of nitrogens with one attached hydrogen (secondary N) is 1. The first-order valence-corrected chi connectivity index (χ1v) is 13.4. The number of rotatable bonds is 6. The predicted molar refractivity (Wildman–Crippen MR) is 119 cm³/mol. The van der Waals surface area contributed by atoms with E-state index in [-0.39, 0.29) is 12.3 Å². The van der Waals surface area contributed by atoms with Crippen molar-refractivity contribution in [1.29, 1.82) is 0 Å². The zero-order chi connectivity index (χ0) is 21.4. The van der Waals surface area contributed by atoms with Crippen LogP contribution in [-0.2, 0) is 38.8 Å². The smallest absolute Gasteiger partial charge is 0.252 e. The Bertz CT molecular complexity index is 1270. The standard InChI is InChI=1S/C21H22N2O4S3/c1-16-4-2-5-17(12-16)15-29(24,25)22-20-8-7-18-9-10-23(14-19(18)13-20)30(26,27)21-6-3-11-28-21/h2-8,11-13,22H,9-10,14-15H2,1H3. The maximum Gasteiger partial charge on any atom is 0.252 e. The Balaban J connectivity index is 1.53. The summed E-state index contributed by atoms with van der Waals surface area (Å²) in [5.74, 6) is -0.120. The largest absolute Gasteiger partial charge is 0.283 e. The molecule has 2 aromatic carbocycles. The van der Waals surface area contributed by atoms with E-state index in [0.717, 1.165) is 16.7 Å². The van der Waals surface area contributed by atoms with Crippen molar-refractivity contribution >= 4 is 37.1 Å². The van der Waals surface area contributed by atoms with Crippen LogP contribution >= 0.6 is 11.3 Å². The molecule has 0 fully saturated rings. The highest BCUT2D eigenvalue weighted by Gasteiger charge is 2.29. The molecule has 0 amide bonds. The summed E-state index contributed by atoms with van der Waals surface area (Å²) in [7, 11) is -7.13. The van der Waals surface area contributed by atoms with Gasteiger partial charge in [0.05, 0.1) is 5.75 Å². The van der Waals surface area contributed by atoms with E-state index in [4.69, 9.17) is 0 Å². The number of benzene rings is 2. The molecule has 0 bridgehead atoms. The minimum atomic E-state index is -3.59. The second kappa shape index (κ2) is 8.14.